The van der Waals surface area contributed by atoms with Crippen molar-refractivity contribution in [1.29, 1.82) is 0 Å². The molecule has 18 heavy (non-hydrogen) atoms. The van der Waals surface area contributed by atoms with Gasteiger partial charge in [-0.25, -0.2) is 0 Å². The highest BCUT2D eigenvalue weighted by Crippen LogP contribution is 2.31. The summed E-state index contributed by atoms with van der Waals surface area (Å²) in [5.41, 5.74) is 3.26. The van der Waals surface area contributed by atoms with Crippen LogP contribution in [0.3, 0.4) is 0 Å². The topological polar surface area (TPSA) is 29.9 Å². The average molecular weight is 329 g/mol. The predicted octanol–water partition coefficient (Wildman–Crippen LogP) is 3.26. The quantitative estimate of drug-likeness (QED) is 0.933. The van der Waals surface area contributed by atoms with Crippen molar-refractivity contribution in [3.8, 4) is 11.3 Å². The maximum atomic E-state index is 5.91. The molecule has 0 unspecified atom stereocenters. The minimum Gasteiger partial charge on any atom is -0.319 e. The van der Waals surface area contributed by atoms with Crippen molar-refractivity contribution in [2.24, 2.45) is 7.05 Å². The maximum Gasteiger partial charge on any atom is 0.0824 e. The van der Waals surface area contributed by atoms with Gasteiger partial charge in [0.25, 0.3) is 0 Å². The third-order valence-corrected chi connectivity index (χ3v) is 3.87. The minimum absolute atomic E-state index is 0.743. The Kier molecular flexibility index (Phi) is 4.43. The van der Waals surface area contributed by atoms with Crippen molar-refractivity contribution < 1.29 is 0 Å². The molecule has 1 heterocycles. The van der Waals surface area contributed by atoms with E-state index in [2.05, 4.69) is 26.3 Å². The van der Waals surface area contributed by atoms with E-state index in [0.717, 1.165) is 39.4 Å². The molecule has 0 aliphatic rings. The van der Waals surface area contributed by atoms with Gasteiger partial charge >= 0.3 is 0 Å². The van der Waals surface area contributed by atoms with E-state index in [1.165, 1.54) is 0 Å². The zero-order chi connectivity index (χ0) is 13.1. The van der Waals surface area contributed by atoms with Crippen LogP contribution in [-0.4, -0.2) is 23.4 Å². The molecule has 1 aromatic carbocycles. The summed E-state index contributed by atoms with van der Waals surface area (Å²) in [4.78, 5) is 0. The van der Waals surface area contributed by atoms with E-state index >= 15 is 0 Å². The van der Waals surface area contributed by atoms with Gasteiger partial charge in [-0.3, -0.25) is 4.68 Å². The van der Waals surface area contributed by atoms with Crippen LogP contribution in [-0.2, 0) is 13.5 Å². The molecule has 0 aliphatic carbocycles. The fourth-order valence-electron chi connectivity index (χ4n) is 1.88. The first-order valence-corrected chi connectivity index (χ1v) is 6.92. The highest BCUT2D eigenvalue weighted by molar-refractivity contribution is 9.10. The Labute approximate surface area is 120 Å². The van der Waals surface area contributed by atoms with Gasteiger partial charge in [0.1, 0.15) is 0 Å². The van der Waals surface area contributed by atoms with Gasteiger partial charge in [-0.05, 0) is 35.1 Å². The summed E-state index contributed by atoms with van der Waals surface area (Å²) < 4.78 is 2.96. The Morgan fingerprint density at radius 1 is 1.33 bits per heavy atom. The van der Waals surface area contributed by atoms with Crippen LogP contribution in [0.2, 0.25) is 5.02 Å². The summed E-state index contributed by atoms with van der Waals surface area (Å²) >= 11 is 9.55. The zero-order valence-corrected chi connectivity index (χ0v) is 12.7. The molecule has 3 nitrogen and oxygen atoms in total. The van der Waals surface area contributed by atoms with E-state index in [1.54, 1.807) is 0 Å². The molecular formula is C13H15BrClN3. The minimum atomic E-state index is 0.743. The van der Waals surface area contributed by atoms with Crippen LogP contribution in [0.1, 0.15) is 5.69 Å². The number of benzene rings is 1. The van der Waals surface area contributed by atoms with Gasteiger partial charge in [-0.15, -0.1) is 0 Å². The number of halogens is 2. The number of rotatable bonds is 4. The second-order valence-electron chi connectivity index (χ2n) is 4.09. The van der Waals surface area contributed by atoms with Crippen LogP contribution in [0.25, 0.3) is 11.3 Å². The van der Waals surface area contributed by atoms with Gasteiger partial charge in [-0.2, -0.15) is 5.10 Å². The fraction of sp³-hybridized carbons (Fsp3) is 0.308. The van der Waals surface area contributed by atoms with Crippen molar-refractivity contribution >= 4 is 27.5 Å². The van der Waals surface area contributed by atoms with Gasteiger partial charge in [0.15, 0.2) is 0 Å². The molecule has 0 bridgehead atoms. The molecule has 0 radical (unpaired) electrons. The van der Waals surface area contributed by atoms with Crippen LogP contribution in [0.4, 0.5) is 0 Å². The SMILES string of the molecule is CNCCc1nn(C)c(-c2ccc(Cl)cc2)c1Br. The summed E-state index contributed by atoms with van der Waals surface area (Å²) in [6.45, 7) is 0.912. The zero-order valence-electron chi connectivity index (χ0n) is 10.4. The Bertz CT molecular complexity index is 534. The Hall–Kier alpha value is -0.840. The Balaban J connectivity index is 2.38. The van der Waals surface area contributed by atoms with Crippen molar-refractivity contribution in [2.75, 3.05) is 13.6 Å². The van der Waals surface area contributed by atoms with Gasteiger partial charge in [0, 0.05) is 30.6 Å². The van der Waals surface area contributed by atoms with Crippen LogP contribution in [0.5, 0.6) is 0 Å². The third-order valence-electron chi connectivity index (χ3n) is 2.79. The Morgan fingerprint density at radius 2 is 2.00 bits per heavy atom. The molecule has 0 saturated carbocycles. The van der Waals surface area contributed by atoms with E-state index in [-0.39, 0.29) is 0 Å². The largest absolute Gasteiger partial charge is 0.319 e. The maximum absolute atomic E-state index is 5.91. The van der Waals surface area contributed by atoms with Crippen LogP contribution >= 0.6 is 27.5 Å². The first kappa shape index (κ1) is 13.6. The third kappa shape index (κ3) is 2.76. The molecule has 0 fully saturated rings. The summed E-state index contributed by atoms with van der Waals surface area (Å²) in [6.07, 6.45) is 0.901. The highest BCUT2D eigenvalue weighted by Gasteiger charge is 2.14. The number of nitrogens with zero attached hydrogens (tertiary/aromatic N) is 2. The van der Waals surface area contributed by atoms with E-state index in [1.807, 2.05) is 43.0 Å². The second-order valence-corrected chi connectivity index (χ2v) is 5.32. The summed E-state index contributed by atoms with van der Waals surface area (Å²) in [7, 11) is 3.90. The molecule has 96 valence electrons. The molecular weight excluding hydrogens is 314 g/mol. The number of aryl methyl sites for hydroxylation is 1. The van der Waals surface area contributed by atoms with Crippen molar-refractivity contribution in [2.45, 2.75) is 6.42 Å². The van der Waals surface area contributed by atoms with Gasteiger partial charge in [0.2, 0.25) is 0 Å². The van der Waals surface area contributed by atoms with E-state index in [4.69, 9.17) is 11.6 Å². The van der Waals surface area contributed by atoms with Crippen LogP contribution in [0.15, 0.2) is 28.7 Å². The number of aromatic nitrogens is 2. The first-order valence-electron chi connectivity index (χ1n) is 5.75. The summed E-state index contributed by atoms with van der Waals surface area (Å²) in [5.74, 6) is 0. The van der Waals surface area contributed by atoms with E-state index in [9.17, 15) is 0 Å². The second kappa shape index (κ2) is 5.87. The molecule has 0 aliphatic heterocycles. The molecule has 0 spiro atoms. The molecule has 0 amide bonds. The van der Waals surface area contributed by atoms with Crippen molar-refractivity contribution in [1.82, 2.24) is 15.1 Å². The first-order chi connectivity index (χ1) is 8.63. The predicted molar refractivity (Wildman–Crippen MR) is 79.0 cm³/mol. The lowest BCUT2D eigenvalue weighted by molar-refractivity contribution is 0.720. The normalized spacial score (nSPS) is 10.9. The highest BCUT2D eigenvalue weighted by atomic mass is 79.9. The molecule has 0 atom stereocenters. The van der Waals surface area contributed by atoms with Crippen LogP contribution < -0.4 is 5.32 Å². The molecule has 2 aromatic rings. The van der Waals surface area contributed by atoms with Crippen molar-refractivity contribution in [3.63, 3.8) is 0 Å². The number of likely N-dealkylation sites (N-methyl/N-ethyl adjacent to an activating group) is 1. The monoisotopic (exact) mass is 327 g/mol. The summed E-state index contributed by atoms with van der Waals surface area (Å²) in [5, 5.41) is 8.42. The Morgan fingerprint density at radius 3 is 2.61 bits per heavy atom. The van der Waals surface area contributed by atoms with E-state index in [0.29, 0.717) is 0 Å². The summed E-state index contributed by atoms with van der Waals surface area (Å²) in [6, 6.07) is 7.80. The lowest BCUT2D eigenvalue weighted by atomic mass is 10.1. The molecule has 2 rings (SSSR count). The average Bonchev–Trinajstić information content (AvgIpc) is 2.63. The molecule has 1 aromatic heterocycles. The molecule has 1 N–H and O–H groups in total. The smallest absolute Gasteiger partial charge is 0.0824 e. The number of hydrogen-bond donors (Lipinski definition) is 1. The standard InChI is InChI=1S/C13H15BrClN3/c1-16-8-7-11-12(14)13(18(2)17-11)9-3-5-10(15)6-4-9/h3-6,16H,7-8H2,1-2H3. The van der Waals surface area contributed by atoms with Crippen LogP contribution in [0, 0.1) is 0 Å². The lowest BCUT2D eigenvalue weighted by Crippen LogP contribution is -2.11. The van der Waals surface area contributed by atoms with Gasteiger partial charge in [0.05, 0.1) is 15.9 Å². The van der Waals surface area contributed by atoms with Crippen molar-refractivity contribution in [3.05, 3.63) is 39.5 Å². The number of hydrogen-bond acceptors (Lipinski definition) is 2. The van der Waals surface area contributed by atoms with Gasteiger partial charge < -0.3 is 5.32 Å². The van der Waals surface area contributed by atoms with Gasteiger partial charge in [-0.1, -0.05) is 23.7 Å². The molecule has 0 saturated heterocycles. The fourth-order valence-corrected chi connectivity index (χ4v) is 2.77. The van der Waals surface area contributed by atoms with E-state index < -0.39 is 0 Å². The lowest BCUT2D eigenvalue weighted by Gasteiger charge is -2.03. The number of nitrogens with one attached hydrogen (secondary N) is 1. The molecule has 5 heteroatoms.